The summed E-state index contributed by atoms with van der Waals surface area (Å²) in [6.07, 6.45) is 3.69. The zero-order valence-electron chi connectivity index (χ0n) is 18.6. The largest absolute Gasteiger partial charge is 0.448 e. The Hall–Kier alpha value is -3.06. The Labute approximate surface area is 194 Å². The second kappa shape index (κ2) is 10.5. The van der Waals surface area contributed by atoms with Crippen molar-refractivity contribution in [2.24, 2.45) is 0 Å². The van der Waals surface area contributed by atoms with Crippen LogP contribution in [0.15, 0.2) is 66.3 Å². The van der Waals surface area contributed by atoms with Gasteiger partial charge in [0.25, 0.3) is 0 Å². The maximum atomic E-state index is 6.36. The normalized spacial score (nSPS) is 14.4. The maximum absolute atomic E-state index is 6.36. The summed E-state index contributed by atoms with van der Waals surface area (Å²) < 4.78 is 6.36. The van der Waals surface area contributed by atoms with E-state index in [2.05, 4.69) is 70.1 Å². The maximum Gasteiger partial charge on any atom is 0.247 e. The molecular weight excluding hydrogens is 418 g/mol. The zero-order chi connectivity index (χ0) is 22.3. The van der Waals surface area contributed by atoms with Crippen LogP contribution < -0.4 is 15.0 Å². The Morgan fingerprint density at radius 2 is 1.81 bits per heavy atom. The average Bonchev–Trinajstić information content (AvgIpc) is 2.99. The molecule has 0 unspecified atom stereocenters. The average molecular weight is 448 g/mol. The minimum absolute atomic E-state index is 0.383. The molecule has 0 bridgehead atoms. The number of para-hydroxylation sites is 1. The van der Waals surface area contributed by atoms with Crippen LogP contribution in [0.3, 0.4) is 0 Å². The quantitative estimate of drug-likeness (QED) is 0.321. The van der Waals surface area contributed by atoms with E-state index in [0.29, 0.717) is 22.5 Å². The number of ether oxygens (including phenoxy) is 1. The van der Waals surface area contributed by atoms with Gasteiger partial charge in [-0.3, -0.25) is 0 Å². The monoisotopic (exact) mass is 447 g/mol. The van der Waals surface area contributed by atoms with E-state index in [4.69, 9.17) is 4.74 Å². The van der Waals surface area contributed by atoms with Gasteiger partial charge < -0.3 is 15.0 Å². The van der Waals surface area contributed by atoms with E-state index < -0.39 is 0 Å². The molecule has 0 saturated heterocycles. The fourth-order valence-corrected chi connectivity index (χ4v) is 4.28. The highest BCUT2D eigenvalue weighted by molar-refractivity contribution is 7.99. The standard InChI is InChI=1S/C25H29N5OS/c1-4-15-30(16-5-2)19-13-11-18(12-14-19)23-26-21-10-8-7-9-20(21)22-24(31-23)27-25(29-28-22)32-17-6-3/h6-14,23,26H,3-5,15-17H2,1-2H3/t23-/m1/s1. The van der Waals surface area contributed by atoms with Gasteiger partial charge in [-0.05, 0) is 31.0 Å². The molecule has 1 aromatic heterocycles. The van der Waals surface area contributed by atoms with Gasteiger partial charge in [0.2, 0.25) is 11.0 Å². The topological polar surface area (TPSA) is 63.2 Å². The van der Waals surface area contributed by atoms with Gasteiger partial charge >= 0.3 is 0 Å². The minimum atomic E-state index is -0.383. The minimum Gasteiger partial charge on any atom is -0.448 e. The van der Waals surface area contributed by atoms with Crippen molar-refractivity contribution in [3.05, 3.63) is 66.7 Å². The number of fused-ring (bicyclic) bond motifs is 3. The van der Waals surface area contributed by atoms with Crippen molar-refractivity contribution in [2.75, 3.05) is 29.1 Å². The van der Waals surface area contributed by atoms with Crippen molar-refractivity contribution in [2.45, 2.75) is 38.1 Å². The third-order valence-electron chi connectivity index (χ3n) is 5.21. The summed E-state index contributed by atoms with van der Waals surface area (Å²) in [6.45, 7) is 10.3. The summed E-state index contributed by atoms with van der Waals surface area (Å²) in [4.78, 5) is 7.08. The second-order valence-electron chi connectivity index (χ2n) is 7.61. The first-order valence-electron chi connectivity index (χ1n) is 11.1. The molecule has 0 aliphatic carbocycles. The van der Waals surface area contributed by atoms with Gasteiger partial charge in [0.1, 0.15) is 0 Å². The molecule has 1 aliphatic rings. The number of aromatic nitrogens is 3. The van der Waals surface area contributed by atoms with E-state index in [0.717, 1.165) is 42.7 Å². The number of nitrogens with zero attached hydrogens (tertiary/aromatic N) is 4. The molecule has 0 radical (unpaired) electrons. The Balaban J connectivity index is 1.66. The zero-order valence-corrected chi connectivity index (χ0v) is 19.4. The van der Waals surface area contributed by atoms with Gasteiger partial charge in [0, 0.05) is 41.3 Å². The first-order chi connectivity index (χ1) is 15.7. The van der Waals surface area contributed by atoms with Gasteiger partial charge in [-0.15, -0.1) is 16.8 Å². The number of nitrogens with one attached hydrogen (secondary N) is 1. The molecule has 0 saturated carbocycles. The predicted molar refractivity (Wildman–Crippen MR) is 132 cm³/mol. The van der Waals surface area contributed by atoms with E-state index in [-0.39, 0.29) is 6.23 Å². The molecule has 32 heavy (non-hydrogen) atoms. The van der Waals surface area contributed by atoms with Gasteiger partial charge in [0.15, 0.2) is 11.9 Å². The lowest BCUT2D eigenvalue weighted by Crippen LogP contribution is -2.25. The Bertz CT molecular complexity index is 1050. The molecule has 6 nitrogen and oxygen atoms in total. The Morgan fingerprint density at radius 3 is 2.53 bits per heavy atom. The highest BCUT2D eigenvalue weighted by Crippen LogP contribution is 2.39. The molecule has 2 aromatic carbocycles. The third kappa shape index (κ3) is 4.88. The molecule has 1 atom stereocenters. The van der Waals surface area contributed by atoms with Crippen LogP contribution in [0, 0.1) is 0 Å². The van der Waals surface area contributed by atoms with E-state index >= 15 is 0 Å². The van der Waals surface area contributed by atoms with Crippen molar-refractivity contribution in [1.29, 1.82) is 0 Å². The van der Waals surface area contributed by atoms with Crippen LogP contribution in [0.25, 0.3) is 11.3 Å². The number of benzene rings is 2. The number of hydrogen-bond donors (Lipinski definition) is 1. The summed E-state index contributed by atoms with van der Waals surface area (Å²) in [7, 11) is 0. The molecule has 0 amide bonds. The van der Waals surface area contributed by atoms with Gasteiger partial charge in [-0.2, -0.15) is 4.98 Å². The van der Waals surface area contributed by atoms with Crippen LogP contribution in [-0.2, 0) is 0 Å². The fraction of sp³-hybridized carbons (Fsp3) is 0.320. The number of anilines is 2. The van der Waals surface area contributed by atoms with Gasteiger partial charge in [-0.25, -0.2) is 0 Å². The lowest BCUT2D eigenvalue weighted by molar-refractivity contribution is 0.225. The molecule has 0 fully saturated rings. The number of rotatable bonds is 9. The van der Waals surface area contributed by atoms with Crippen LogP contribution in [0.1, 0.15) is 38.5 Å². The van der Waals surface area contributed by atoms with Crippen molar-refractivity contribution in [1.82, 2.24) is 15.2 Å². The molecule has 0 spiro atoms. The number of thioether (sulfide) groups is 1. The van der Waals surface area contributed by atoms with Crippen LogP contribution in [-0.4, -0.2) is 34.0 Å². The second-order valence-corrected chi connectivity index (χ2v) is 8.60. The molecule has 2 heterocycles. The highest BCUT2D eigenvalue weighted by atomic mass is 32.2. The molecule has 3 aromatic rings. The van der Waals surface area contributed by atoms with Crippen molar-refractivity contribution in [3.63, 3.8) is 0 Å². The number of hydrogen-bond acceptors (Lipinski definition) is 7. The van der Waals surface area contributed by atoms with Crippen molar-refractivity contribution in [3.8, 4) is 17.1 Å². The Kier molecular flexibility index (Phi) is 7.27. The van der Waals surface area contributed by atoms with Crippen molar-refractivity contribution < 1.29 is 4.74 Å². The molecule has 1 N–H and O–H groups in total. The summed E-state index contributed by atoms with van der Waals surface area (Å²) in [6, 6.07) is 16.6. The van der Waals surface area contributed by atoms with Gasteiger partial charge in [-0.1, -0.05) is 62.0 Å². The molecule has 7 heteroatoms. The first-order valence-corrected chi connectivity index (χ1v) is 12.1. The molecule has 4 rings (SSSR count). The molecule has 166 valence electrons. The predicted octanol–water partition coefficient (Wildman–Crippen LogP) is 5.95. The smallest absolute Gasteiger partial charge is 0.247 e. The SMILES string of the molecule is C=CCSc1nnc2c(n1)O[C@H](c1ccc(N(CCC)CCC)cc1)Nc1ccccc1-2. The van der Waals surface area contributed by atoms with E-state index in [1.807, 2.05) is 30.3 Å². The van der Waals surface area contributed by atoms with E-state index in [1.165, 1.54) is 17.4 Å². The third-order valence-corrected chi connectivity index (χ3v) is 6.05. The van der Waals surface area contributed by atoms with Crippen molar-refractivity contribution >= 4 is 23.1 Å². The fourth-order valence-electron chi connectivity index (χ4n) is 3.76. The molecule has 1 aliphatic heterocycles. The molecular formula is C25H29N5OS. The summed E-state index contributed by atoms with van der Waals surface area (Å²) in [5.74, 6) is 1.20. The van der Waals surface area contributed by atoms with Crippen LogP contribution in [0.4, 0.5) is 11.4 Å². The lowest BCUT2D eigenvalue weighted by Gasteiger charge is -2.25. The van der Waals surface area contributed by atoms with Crippen LogP contribution >= 0.6 is 11.8 Å². The van der Waals surface area contributed by atoms with Crippen LogP contribution in [0.2, 0.25) is 0 Å². The summed E-state index contributed by atoms with van der Waals surface area (Å²) in [5.41, 5.74) is 4.79. The van der Waals surface area contributed by atoms with Gasteiger partial charge in [0.05, 0.1) is 0 Å². The lowest BCUT2D eigenvalue weighted by atomic mass is 10.1. The van der Waals surface area contributed by atoms with E-state index in [1.54, 1.807) is 0 Å². The van der Waals surface area contributed by atoms with E-state index in [9.17, 15) is 0 Å². The first kappa shape index (κ1) is 22.1. The highest BCUT2D eigenvalue weighted by Gasteiger charge is 2.26. The summed E-state index contributed by atoms with van der Waals surface area (Å²) in [5, 5.41) is 12.8. The van der Waals surface area contributed by atoms with Crippen LogP contribution in [0.5, 0.6) is 5.88 Å². The summed E-state index contributed by atoms with van der Waals surface area (Å²) >= 11 is 1.48. The Morgan fingerprint density at radius 1 is 1.06 bits per heavy atom.